The minimum absolute atomic E-state index is 0.0509. The summed E-state index contributed by atoms with van der Waals surface area (Å²) < 4.78 is 29.0. The molecule has 2 aromatic rings. The van der Waals surface area contributed by atoms with Crippen LogP contribution in [0.15, 0.2) is 35.6 Å². The van der Waals surface area contributed by atoms with E-state index in [1.54, 1.807) is 30.1 Å². The summed E-state index contributed by atoms with van der Waals surface area (Å²) in [4.78, 5) is 3.91. The van der Waals surface area contributed by atoms with E-state index in [0.717, 1.165) is 0 Å². The summed E-state index contributed by atoms with van der Waals surface area (Å²) in [5.74, 6) is 0. The molecule has 0 aromatic carbocycles. The molecule has 1 fully saturated rings. The van der Waals surface area contributed by atoms with Crippen LogP contribution in [0.4, 0.5) is 0 Å². The molecule has 0 saturated heterocycles. The van der Waals surface area contributed by atoms with Crippen LogP contribution in [0.25, 0.3) is 0 Å². The molecule has 0 amide bonds. The first-order valence-corrected chi connectivity index (χ1v) is 8.56. The van der Waals surface area contributed by atoms with Gasteiger partial charge in [0.15, 0.2) is 0 Å². The van der Waals surface area contributed by atoms with Crippen molar-refractivity contribution in [3.8, 4) is 0 Å². The molecule has 0 radical (unpaired) electrons. The molecule has 1 aliphatic rings. The fourth-order valence-corrected chi connectivity index (χ4v) is 3.89. The second kappa shape index (κ2) is 5.62. The van der Waals surface area contributed by atoms with Crippen LogP contribution < -0.4 is 4.72 Å². The van der Waals surface area contributed by atoms with Gasteiger partial charge in [0, 0.05) is 24.6 Å². The third-order valence-corrected chi connectivity index (χ3v) is 5.59. The van der Waals surface area contributed by atoms with Gasteiger partial charge in [0.1, 0.15) is 10.0 Å². The van der Waals surface area contributed by atoms with Crippen molar-refractivity contribution < 1.29 is 13.5 Å². The van der Waals surface area contributed by atoms with E-state index in [1.165, 1.54) is 12.3 Å². The van der Waals surface area contributed by atoms with E-state index in [4.69, 9.17) is 11.6 Å². The van der Waals surface area contributed by atoms with E-state index in [9.17, 15) is 13.5 Å². The SMILES string of the molecule is Cc1cc(S(=O)(=O)NC2CC(O)C2n2cccn2)cnc1Cl. The Kier molecular flexibility index (Phi) is 3.94. The Labute approximate surface area is 133 Å². The highest BCUT2D eigenvalue weighted by Crippen LogP contribution is 2.33. The number of aliphatic hydroxyl groups is 1. The first-order chi connectivity index (χ1) is 10.4. The van der Waals surface area contributed by atoms with Crippen LogP contribution in [0, 0.1) is 6.92 Å². The zero-order valence-electron chi connectivity index (χ0n) is 11.7. The van der Waals surface area contributed by atoms with Gasteiger partial charge in [-0.25, -0.2) is 18.1 Å². The van der Waals surface area contributed by atoms with Crippen LogP contribution in [-0.4, -0.2) is 40.4 Å². The topological polar surface area (TPSA) is 97.1 Å². The molecule has 118 valence electrons. The molecular weight excluding hydrogens is 328 g/mol. The average Bonchev–Trinajstić information content (AvgIpc) is 2.94. The predicted octanol–water partition coefficient (Wildman–Crippen LogP) is 0.893. The monoisotopic (exact) mass is 342 g/mol. The number of halogens is 1. The molecule has 0 spiro atoms. The lowest BCUT2D eigenvalue weighted by Crippen LogP contribution is -2.56. The number of rotatable bonds is 4. The van der Waals surface area contributed by atoms with E-state index in [-0.39, 0.29) is 10.0 Å². The minimum Gasteiger partial charge on any atom is -0.391 e. The number of sulfonamides is 1. The van der Waals surface area contributed by atoms with Gasteiger partial charge in [-0.3, -0.25) is 4.68 Å². The Bertz CT molecular complexity index is 779. The van der Waals surface area contributed by atoms with Crippen molar-refractivity contribution in [2.75, 3.05) is 0 Å². The molecule has 3 unspecified atom stereocenters. The lowest BCUT2D eigenvalue weighted by molar-refractivity contribution is 0.000538. The second-order valence-electron chi connectivity index (χ2n) is 5.29. The molecule has 3 rings (SSSR count). The summed E-state index contributed by atoms with van der Waals surface area (Å²) in [6.45, 7) is 1.69. The van der Waals surface area contributed by atoms with Crippen molar-refractivity contribution in [3.05, 3.63) is 41.4 Å². The third-order valence-electron chi connectivity index (χ3n) is 3.74. The molecule has 9 heteroatoms. The predicted molar refractivity (Wildman–Crippen MR) is 80.0 cm³/mol. The summed E-state index contributed by atoms with van der Waals surface area (Å²) in [7, 11) is -3.73. The van der Waals surface area contributed by atoms with Crippen molar-refractivity contribution in [2.24, 2.45) is 0 Å². The van der Waals surface area contributed by atoms with Gasteiger partial charge in [-0.2, -0.15) is 5.10 Å². The highest BCUT2D eigenvalue weighted by atomic mass is 35.5. The summed E-state index contributed by atoms with van der Waals surface area (Å²) in [5, 5.41) is 14.2. The lowest BCUT2D eigenvalue weighted by Gasteiger charge is -2.41. The molecule has 7 nitrogen and oxygen atoms in total. The smallest absolute Gasteiger partial charge is 0.242 e. The van der Waals surface area contributed by atoms with Gasteiger partial charge in [0.2, 0.25) is 10.0 Å². The van der Waals surface area contributed by atoms with Crippen LogP contribution in [0.5, 0.6) is 0 Å². The Morgan fingerprint density at radius 2 is 2.27 bits per heavy atom. The van der Waals surface area contributed by atoms with E-state index >= 15 is 0 Å². The average molecular weight is 343 g/mol. The zero-order chi connectivity index (χ0) is 15.9. The van der Waals surface area contributed by atoms with Crippen LogP contribution in [0.1, 0.15) is 18.0 Å². The molecule has 3 atom stereocenters. The number of nitrogens with zero attached hydrogens (tertiary/aromatic N) is 3. The van der Waals surface area contributed by atoms with Crippen molar-refractivity contribution in [2.45, 2.75) is 36.4 Å². The second-order valence-corrected chi connectivity index (χ2v) is 7.36. The Morgan fingerprint density at radius 1 is 1.50 bits per heavy atom. The van der Waals surface area contributed by atoms with Crippen molar-refractivity contribution in [1.82, 2.24) is 19.5 Å². The highest BCUT2D eigenvalue weighted by Gasteiger charge is 2.44. The quantitative estimate of drug-likeness (QED) is 0.804. The number of aromatic nitrogens is 3. The first-order valence-electron chi connectivity index (χ1n) is 6.70. The van der Waals surface area contributed by atoms with Gasteiger partial charge >= 0.3 is 0 Å². The van der Waals surface area contributed by atoms with Gasteiger partial charge in [-0.15, -0.1) is 0 Å². The maximum atomic E-state index is 12.4. The van der Waals surface area contributed by atoms with E-state index in [2.05, 4.69) is 14.8 Å². The van der Waals surface area contributed by atoms with E-state index in [1.807, 2.05) is 0 Å². The highest BCUT2D eigenvalue weighted by molar-refractivity contribution is 7.89. The van der Waals surface area contributed by atoms with Crippen molar-refractivity contribution >= 4 is 21.6 Å². The van der Waals surface area contributed by atoms with Crippen molar-refractivity contribution in [3.63, 3.8) is 0 Å². The van der Waals surface area contributed by atoms with E-state index in [0.29, 0.717) is 12.0 Å². The van der Waals surface area contributed by atoms with Crippen molar-refractivity contribution in [1.29, 1.82) is 0 Å². The molecule has 22 heavy (non-hydrogen) atoms. The van der Waals surface area contributed by atoms with Crippen LogP contribution in [0.2, 0.25) is 5.15 Å². The Hall–Kier alpha value is -1.48. The number of pyridine rings is 1. The molecule has 1 saturated carbocycles. The van der Waals surface area contributed by atoms with Gasteiger partial charge in [-0.05, 0) is 31.0 Å². The minimum atomic E-state index is -3.73. The van der Waals surface area contributed by atoms with Gasteiger partial charge in [0.05, 0.1) is 12.1 Å². The Morgan fingerprint density at radius 3 is 2.86 bits per heavy atom. The fourth-order valence-electron chi connectivity index (χ4n) is 2.49. The van der Waals surface area contributed by atoms with Crippen LogP contribution in [0.3, 0.4) is 0 Å². The zero-order valence-corrected chi connectivity index (χ0v) is 13.3. The molecule has 2 aromatic heterocycles. The summed E-state index contributed by atoms with van der Waals surface area (Å²) in [6, 6.07) is 2.36. The molecular formula is C13H15ClN4O3S. The first kappa shape index (κ1) is 15.4. The standard InChI is InChI=1S/C13H15ClN4O3S/c1-8-5-9(7-15-13(8)14)22(20,21)17-10-6-11(19)12(10)18-4-2-3-16-18/h2-5,7,10-12,17,19H,6H2,1H3. The molecule has 0 aliphatic heterocycles. The fraction of sp³-hybridized carbons (Fsp3) is 0.385. The largest absolute Gasteiger partial charge is 0.391 e. The number of hydrogen-bond donors (Lipinski definition) is 2. The molecule has 0 bridgehead atoms. The van der Waals surface area contributed by atoms with Gasteiger partial charge in [0.25, 0.3) is 0 Å². The lowest BCUT2D eigenvalue weighted by atomic mass is 9.84. The maximum absolute atomic E-state index is 12.4. The summed E-state index contributed by atoms with van der Waals surface area (Å²) in [5.41, 5.74) is 0.585. The molecule has 1 aliphatic carbocycles. The molecule has 2 heterocycles. The number of aryl methyl sites for hydroxylation is 1. The van der Waals surface area contributed by atoms with Crippen LogP contribution >= 0.6 is 11.6 Å². The number of nitrogens with one attached hydrogen (secondary N) is 1. The van der Waals surface area contributed by atoms with E-state index < -0.39 is 28.2 Å². The van der Waals surface area contributed by atoms with Gasteiger partial charge in [-0.1, -0.05) is 11.6 Å². The third kappa shape index (κ3) is 2.74. The number of hydrogen-bond acceptors (Lipinski definition) is 5. The van der Waals surface area contributed by atoms with Crippen LogP contribution in [-0.2, 0) is 10.0 Å². The number of aliphatic hydroxyl groups excluding tert-OH is 1. The maximum Gasteiger partial charge on any atom is 0.242 e. The Balaban J connectivity index is 1.81. The van der Waals surface area contributed by atoms with Gasteiger partial charge < -0.3 is 5.11 Å². The normalized spacial score (nSPS) is 25.0. The summed E-state index contributed by atoms with van der Waals surface area (Å²) in [6.07, 6.45) is 4.21. The summed E-state index contributed by atoms with van der Waals surface area (Å²) >= 11 is 5.81. The molecule has 2 N–H and O–H groups in total.